The Balaban J connectivity index is 1.49. The fourth-order valence-electron chi connectivity index (χ4n) is 3.16. The summed E-state index contributed by atoms with van der Waals surface area (Å²) in [5, 5.41) is 3.06. The summed E-state index contributed by atoms with van der Waals surface area (Å²) in [6.45, 7) is 3.08. The summed E-state index contributed by atoms with van der Waals surface area (Å²) < 4.78 is 5.36. The molecule has 1 amide bonds. The van der Waals surface area contributed by atoms with Crippen molar-refractivity contribution < 1.29 is 9.53 Å². The second-order valence-electron chi connectivity index (χ2n) is 6.15. The van der Waals surface area contributed by atoms with Crippen molar-refractivity contribution >= 4 is 5.91 Å². The van der Waals surface area contributed by atoms with Crippen LogP contribution in [0, 0.1) is 5.92 Å². The van der Waals surface area contributed by atoms with Crippen molar-refractivity contribution in [3.05, 3.63) is 35.9 Å². The van der Waals surface area contributed by atoms with Gasteiger partial charge in [0.15, 0.2) is 6.10 Å². The first-order chi connectivity index (χ1) is 10.3. The number of likely N-dealkylation sites (tertiary alicyclic amines) is 1. The number of carbonyl (C=O) groups is 1. The van der Waals surface area contributed by atoms with Crippen LogP contribution in [-0.2, 0) is 9.53 Å². The smallest absolute Gasteiger partial charge is 0.253 e. The van der Waals surface area contributed by atoms with Gasteiger partial charge in [-0.05, 0) is 37.3 Å². The molecule has 1 aliphatic heterocycles. The highest BCUT2D eigenvalue weighted by molar-refractivity contribution is 5.82. The first kappa shape index (κ1) is 14.5. The zero-order valence-electron chi connectivity index (χ0n) is 12.6. The van der Waals surface area contributed by atoms with Crippen molar-refractivity contribution in [2.45, 2.75) is 31.4 Å². The minimum atomic E-state index is -0.507. The van der Waals surface area contributed by atoms with E-state index in [0.29, 0.717) is 5.92 Å². The molecule has 0 aromatic heterocycles. The van der Waals surface area contributed by atoms with E-state index in [0.717, 1.165) is 24.7 Å². The van der Waals surface area contributed by atoms with Crippen molar-refractivity contribution in [2.24, 2.45) is 5.92 Å². The number of amides is 1. The maximum atomic E-state index is 12.3. The van der Waals surface area contributed by atoms with Crippen LogP contribution in [0.2, 0.25) is 0 Å². The van der Waals surface area contributed by atoms with Crippen LogP contribution in [0.5, 0.6) is 0 Å². The van der Waals surface area contributed by atoms with Crippen LogP contribution in [0.15, 0.2) is 30.3 Å². The summed E-state index contributed by atoms with van der Waals surface area (Å²) in [6, 6.07) is 10.5. The van der Waals surface area contributed by atoms with E-state index in [4.69, 9.17) is 4.74 Å². The maximum Gasteiger partial charge on any atom is 0.253 e. The Labute approximate surface area is 126 Å². The number of benzene rings is 1. The predicted octanol–water partition coefficient (Wildman–Crippen LogP) is 1.97. The molecule has 2 atom stereocenters. The van der Waals surface area contributed by atoms with E-state index in [1.807, 2.05) is 30.3 Å². The lowest BCUT2D eigenvalue weighted by Gasteiger charge is -2.18. The number of hydrogen-bond acceptors (Lipinski definition) is 3. The molecule has 3 rings (SSSR count). The van der Waals surface area contributed by atoms with E-state index in [-0.39, 0.29) is 5.91 Å². The van der Waals surface area contributed by atoms with Crippen LogP contribution in [0.1, 0.15) is 30.9 Å². The van der Waals surface area contributed by atoms with Crippen LogP contribution in [-0.4, -0.2) is 43.6 Å². The van der Waals surface area contributed by atoms with Gasteiger partial charge in [-0.25, -0.2) is 0 Å². The van der Waals surface area contributed by atoms with Gasteiger partial charge < -0.3 is 15.0 Å². The molecule has 0 radical (unpaired) electrons. The molecule has 21 heavy (non-hydrogen) atoms. The van der Waals surface area contributed by atoms with Crippen molar-refractivity contribution in [2.75, 3.05) is 26.7 Å². The van der Waals surface area contributed by atoms with Crippen LogP contribution in [0.3, 0.4) is 0 Å². The third-order valence-corrected chi connectivity index (χ3v) is 4.52. The highest BCUT2D eigenvalue weighted by atomic mass is 16.5. The Morgan fingerprint density at radius 1 is 1.33 bits per heavy atom. The van der Waals surface area contributed by atoms with Crippen molar-refractivity contribution in [3.8, 4) is 0 Å². The average Bonchev–Trinajstić information content (AvgIpc) is 3.26. The van der Waals surface area contributed by atoms with Crippen molar-refractivity contribution in [3.63, 3.8) is 0 Å². The number of nitrogens with one attached hydrogen (secondary N) is 1. The lowest BCUT2D eigenvalue weighted by atomic mass is 10.1. The molecule has 114 valence electrons. The standard InChI is InChI=1S/C17H24N2O2/c1-21-16(14-5-3-2-4-6-14)17(20)18-11-13-9-10-19(12-13)15-7-8-15/h2-6,13,15-16H,7-12H2,1H3,(H,18,20). The van der Waals surface area contributed by atoms with Gasteiger partial charge in [0.2, 0.25) is 0 Å². The first-order valence-corrected chi connectivity index (χ1v) is 7.87. The molecule has 1 heterocycles. The summed E-state index contributed by atoms with van der Waals surface area (Å²) in [5.41, 5.74) is 0.906. The third-order valence-electron chi connectivity index (χ3n) is 4.52. The van der Waals surface area contributed by atoms with Crippen LogP contribution in [0.4, 0.5) is 0 Å². The van der Waals surface area contributed by atoms with Crippen LogP contribution in [0.25, 0.3) is 0 Å². The summed E-state index contributed by atoms with van der Waals surface area (Å²) in [6.07, 6.45) is 3.41. The zero-order valence-corrected chi connectivity index (χ0v) is 12.6. The molecule has 1 aliphatic carbocycles. The fraction of sp³-hybridized carbons (Fsp3) is 0.588. The van der Waals surface area contributed by atoms with Gasteiger partial charge in [-0.15, -0.1) is 0 Å². The summed E-state index contributed by atoms with van der Waals surface area (Å²) in [4.78, 5) is 14.9. The summed E-state index contributed by atoms with van der Waals surface area (Å²) >= 11 is 0. The van der Waals surface area contributed by atoms with Gasteiger partial charge in [-0.3, -0.25) is 4.79 Å². The summed E-state index contributed by atoms with van der Waals surface area (Å²) in [5.74, 6) is 0.552. The van der Waals surface area contributed by atoms with Crippen LogP contribution >= 0.6 is 0 Å². The number of carbonyl (C=O) groups excluding carboxylic acids is 1. The Morgan fingerprint density at radius 2 is 2.10 bits per heavy atom. The van der Waals surface area contributed by atoms with Crippen LogP contribution < -0.4 is 5.32 Å². The molecular weight excluding hydrogens is 264 g/mol. The van der Waals surface area contributed by atoms with Gasteiger partial charge in [0.25, 0.3) is 5.91 Å². The Morgan fingerprint density at radius 3 is 2.76 bits per heavy atom. The minimum Gasteiger partial charge on any atom is -0.367 e. The van der Waals surface area contributed by atoms with E-state index >= 15 is 0 Å². The molecule has 2 fully saturated rings. The van der Waals surface area contributed by atoms with Crippen molar-refractivity contribution in [1.82, 2.24) is 10.2 Å². The minimum absolute atomic E-state index is 0.0337. The molecule has 4 heteroatoms. The maximum absolute atomic E-state index is 12.3. The number of hydrogen-bond donors (Lipinski definition) is 1. The SMILES string of the molecule is COC(C(=O)NCC1CCN(C2CC2)C1)c1ccccc1. The summed E-state index contributed by atoms with van der Waals surface area (Å²) in [7, 11) is 1.58. The quantitative estimate of drug-likeness (QED) is 0.870. The second-order valence-corrected chi connectivity index (χ2v) is 6.15. The zero-order chi connectivity index (χ0) is 14.7. The largest absolute Gasteiger partial charge is 0.367 e. The van der Waals surface area contributed by atoms with Gasteiger partial charge in [0.05, 0.1) is 0 Å². The van der Waals surface area contributed by atoms with E-state index < -0.39 is 6.10 Å². The monoisotopic (exact) mass is 288 g/mol. The Kier molecular flexibility index (Phi) is 4.56. The molecule has 1 aromatic carbocycles. The van der Waals surface area contributed by atoms with E-state index in [2.05, 4.69) is 10.2 Å². The number of rotatable bonds is 6. The first-order valence-electron chi connectivity index (χ1n) is 7.87. The highest BCUT2D eigenvalue weighted by Gasteiger charge is 2.34. The van der Waals surface area contributed by atoms with Crippen molar-refractivity contribution in [1.29, 1.82) is 0 Å². The number of nitrogens with zero attached hydrogens (tertiary/aromatic N) is 1. The Hall–Kier alpha value is -1.39. The molecule has 4 nitrogen and oxygen atoms in total. The average molecular weight is 288 g/mol. The molecule has 0 bridgehead atoms. The van der Waals surface area contributed by atoms with E-state index in [1.165, 1.54) is 25.8 Å². The van der Waals surface area contributed by atoms with Gasteiger partial charge in [-0.2, -0.15) is 0 Å². The van der Waals surface area contributed by atoms with Gasteiger partial charge in [0, 0.05) is 26.2 Å². The van der Waals surface area contributed by atoms with Gasteiger partial charge in [0.1, 0.15) is 0 Å². The lowest BCUT2D eigenvalue weighted by Crippen LogP contribution is -2.35. The molecule has 2 aliphatic rings. The molecule has 0 spiro atoms. The number of ether oxygens (including phenoxy) is 1. The van der Waals surface area contributed by atoms with E-state index in [1.54, 1.807) is 7.11 Å². The Bertz CT molecular complexity index is 473. The topological polar surface area (TPSA) is 41.6 Å². The highest BCUT2D eigenvalue weighted by Crippen LogP contribution is 2.31. The molecule has 1 aromatic rings. The van der Waals surface area contributed by atoms with E-state index in [9.17, 15) is 4.79 Å². The molecular formula is C17H24N2O2. The normalized spacial score (nSPS) is 24.0. The number of methoxy groups -OCH3 is 1. The van der Waals surface area contributed by atoms with Gasteiger partial charge >= 0.3 is 0 Å². The third kappa shape index (κ3) is 3.63. The lowest BCUT2D eigenvalue weighted by molar-refractivity contribution is -0.131. The van der Waals surface area contributed by atoms with Gasteiger partial charge in [-0.1, -0.05) is 30.3 Å². The second kappa shape index (κ2) is 6.58. The predicted molar refractivity (Wildman–Crippen MR) is 81.9 cm³/mol. The molecule has 2 unspecified atom stereocenters. The molecule has 1 N–H and O–H groups in total. The molecule has 1 saturated heterocycles. The molecule has 1 saturated carbocycles. The fourth-order valence-corrected chi connectivity index (χ4v) is 3.16.